The van der Waals surface area contributed by atoms with Gasteiger partial charge >= 0.3 is 5.97 Å². The van der Waals surface area contributed by atoms with Crippen LogP contribution < -0.4 is 19.1 Å². The smallest absolute Gasteiger partial charge is 0.325 e. The number of carbonyl (C=O) groups is 2. The molecular weight excluding hydrogens is 512 g/mol. The summed E-state index contributed by atoms with van der Waals surface area (Å²) in [4.78, 5) is 28.3. The van der Waals surface area contributed by atoms with Crippen molar-refractivity contribution in [3.63, 3.8) is 0 Å². The van der Waals surface area contributed by atoms with Gasteiger partial charge in [-0.05, 0) is 83.1 Å². The van der Waals surface area contributed by atoms with Crippen molar-refractivity contribution >= 4 is 56.9 Å². The minimum atomic E-state index is -0.529. The molecule has 1 amide bonds. The van der Waals surface area contributed by atoms with Crippen molar-refractivity contribution in [2.24, 2.45) is 0 Å². The second-order valence-corrected chi connectivity index (χ2v) is 8.00. The normalized spacial score (nSPS) is 14.6. The van der Waals surface area contributed by atoms with E-state index in [-0.39, 0.29) is 23.3 Å². The fourth-order valence-corrected chi connectivity index (χ4v) is 4.25. The molecule has 0 aliphatic carbocycles. The molecule has 1 fully saturated rings. The van der Waals surface area contributed by atoms with Gasteiger partial charge in [-0.15, -0.1) is 0 Å². The molecule has 10 heteroatoms. The van der Waals surface area contributed by atoms with Gasteiger partial charge in [0.1, 0.15) is 18.0 Å². The van der Waals surface area contributed by atoms with Crippen LogP contribution in [0.4, 0.5) is 5.69 Å². The molecule has 1 aliphatic rings. The number of thiocarbonyl (C=S) groups is 1. The maximum Gasteiger partial charge on any atom is 0.325 e. The number of hydrogen-bond acceptors (Lipinski definition) is 7. The number of esters is 1. The van der Waals surface area contributed by atoms with Crippen LogP contribution in [-0.2, 0) is 14.3 Å². The van der Waals surface area contributed by atoms with Crippen molar-refractivity contribution in [2.75, 3.05) is 39.4 Å². The third-order valence-corrected chi connectivity index (χ3v) is 5.81. The fraction of sp³-hybridized carbons (Fsp3) is 0.261. The van der Waals surface area contributed by atoms with E-state index in [0.717, 1.165) is 0 Å². The van der Waals surface area contributed by atoms with Gasteiger partial charge < -0.3 is 23.8 Å². The van der Waals surface area contributed by atoms with Crippen LogP contribution >= 0.6 is 28.1 Å². The Labute approximate surface area is 205 Å². The van der Waals surface area contributed by atoms with Crippen LogP contribution in [0.1, 0.15) is 12.5 Å². The lowest BCUT2D eigenvalue weighted by Crippen LogP contribution is -2.35. The molecule has 2 aromatic carbocycles. The number of anilines is 1. The lowest BCUT2D eigenvalue weighted by molar-refractivity contribution is -0.140. The minimum absolute atomic E-state index is 0.166. The van der Waals surface area contributed by atoms with E-state index in [1.54, 1.807) is 56.7 Å². The quantitative estimate of drug-likeness (QED) is 0.285. The van der Waals surface area contributed by atoms with Gasteiger partial charge in [0.15, 0.2) is 16.6 Å². The molecule has 174 valence electrons. The molecule has 8 nitrogen and oxygen atoms in total. The van der Waals surface area contributed by atoms with E-state index in [1.807, 2.05) is 6.92 Å². The molecule has 0 spiro atoms. The van der Waals surface area contributed by atoms with Gasteiger partial charge in [0.2, 0.25) is 0 Å². The number of nitrogens with zero attached hydrogens (tertiary/aromatic N) is 2. The van der Waals surface area contributed by atoms with Crippen molar-refractivity contribution in [1.29, 1.82) is 0 Å². The highest BCUT2D eigenvalue weighted by Gasteiger charge is 2.40. The molecule has 0 aromatic heterocycles. The monoisotopic (exact) mass is 534 g/mol. The van der Waals surface area contributed by atoms with Crippen LogP contribution in [0, 0.1) is 0 Å². The number of hydrogen-bond donors (Lipinski definition) is 0. The van der Waals surface area contributed by atoms with Crippen LogP contribution in [0.5, 0.6) is 17.2 Å². The minimum Gasteiger partial charge on any atom is -0.497 e. The average Bonchev–Trinajstić information content (AvgIpc) is 3.03. The number of halogens is 1. The second kappa shape index (κ2) is 10.7. The number of ether oxygens (including phenoxy) is 4. The van der Waals surface area contributed by atoms with Crippen molar-refractivity contribution < 1.29 is 28.5 Å². The Morgan fingerprint density at radius 1 is 1.12 bits per heavy atom. The summed E-state index contributed by atoms with van der Waals surface area (Å²) in [6.45, 7) is 2.09. The van der Waals surface area contributed by atoms with E-state index < -0.39 is 5.97 Å². The Bertz CT molecular complexity index is 1100. The van der Waals surface area contributed by atoms with Crippen LogP contribution in [0.2, 0.25) is 0 Å². The molecule has 0 radical (unpaired) electrons. The fourth-order valence-electron chi connectivity index (χ4n) is 3.28. The summed E-state index contributed by atoms with van der Waals surface area (Å²) in [7, 11) is 4.39. The van der Waals surface area contributed by atoms with Gasteiger partial charge in [0.25, 0.3) is 5.91 Å². The highest BCUT2D eigenvalue weighted by atomic mass is 79.9. The Hall–Kier alpha value is -3.11. The van der Waals surface area contributed by atoms with E-state index in [2.05, 4.69) is 15.9 Å². The summed E-state index contributed by atoms with van der Waals surface area (Å²) in [5.74, 6) is 0.793. The van der Waals surface area contributed by atoms with Crippen molar-refractivity contribution in [3.8, 4) is 17.2 Å². The summed E-state index contributed by atoms with van der Waals surface area (Å²) >= 11 is 9.05. The predicted octanol–water partition coefficient (Wildman–Crippen LogP) is 4.01. The van der Waals surface area contributed by atoms with Gasteiger partial charge in [-0.2, -0.15) is 0 Å². The van der Waals surface area contributed by atoms with Gasteiger partial charge in [-0.3, -0.25) is 14.5 Å². The highest BCUT2D eigenvalue weighted by Crippen LogP contribution is 2.38. The SMILES string of the molecule is CCOc1cc(/C=C2/C(=O)N(c3ccc(OC)cc3)C(=S)N2CC(=O)OC)cc(Br)c1OC. The molecule has 33 heavy (non-hydrogen) atoms. The lowest BCUT2D eigenvalue weighted by Gasteiger charge is -2.19. The van der Waals surface area contributed by atoms with E-state index in [4.69, 9.17) is 31.2 Å². The zero-order chi connectivity index (χ0) is 24.1. The van der Waals surface area contributed by atoms with E-state index in [0.29, 0.717) is 39.6 Å². The molecule has 0 unspecified atom stereocenters. The molecule has 2 aromatic rings. The van der Waals surface area contributed by atoms with E-state index in [1.165, 1.54) is 16.9 Å². The van der Waals surface area contributed by atoms with Crippen molar-refractivity contribution in [2.45, 2.75) is 6.92 Å². The lowest BCUT2D eigenvalue weighted by atomic mass is 10.1. The van der Waals surface area contributed by atoms with Gasteiger partial charge in [0, 0.05) is 0 Å². The summed E-state index contributed by atoms with van der Waals surface area (Å²) in [5, 5.41) is 0.166. The summed E-state index contributed by atoms with van der Waals surface area (Å²) in [6, 6.07) is 10.4. The number of carbonyl (C=O) groups excluding carboxylic acids is 2. The largest absolute Gasteiger partial charge is 0.497 e. The predicted molar refractivity (Wildman–Crippen MR) is 132 cm³/mol. The average molecular weight is 535 g/mol. The van der Waals surface area contributed by atoms with Gasteiger partial charge in [-0.1, -0.05) is 0 Å². The maximum absolute atomic E-state index is 13.5. The molecule has 0 atom stereocenters. The summed E-state index contributed by atoms with van der Waals surface area (Å²) < 4.78 is 21.7. The molecule has 1 saturated heterocycles. The second-order valence-electron chi connectivity index (χ2n) is 6.78. The first-order chi connectivity index (χ1) is 15.8. The Balaban J connectivity index is 2.08. The Morgan fingerprint density at radius 3 is 2.39 bits per heavy atom. The molecular formula is C23H23BrN2O6S. The van der Waals surface area contributed by atoms with Crippen LogP contribution in [0.3, 0.4) is 0 Å². The first kappa shape index (κ1) is 24.5. The first-order valence-corrected chi connectivity index (χ1v) is 11.1. The van der Waals surface area contributed by atoms with Crippen LogP contribution in [0.25, 0.3) is 6.08 Å². The van der Waals surface area contributed by atoms with Crippen LogP contribution in [-0.4, -0.2) is 56.4 Å². The standard InChI is InChI=1S/C23H23BrN2O6S/c1-5-32-19-12-14(10-17(24)21(19)31-4)11-18-22(28)26(15-6-8-16(29-2)9-7-15)23(33)25(18)13-20(27)30-3/h6-12H,5,13H2,1-4H3/b18-11-. The molecule has 0 N–H and O–H groups in total. The Kier molecular flexibility index (Phi) is 7.93. The highest BCUT2D eigenvalue weighted by molar-refractivity contribution is 9.10. The number of amides is 1. The molecule has 0 saturated carbocycles. The number of methoxy groups -OCH3 is 3. The maximum atomic E-state index is 13.5. The Morgan fingerprint density at radius 2 is 1.82 bits per heavy atom. The van der Waals surface area contributed by atoms with Crippen molar-refractivity contribution in [1.82, 2.24) is 4.90 Å². The third-order valence-electron chi connectivity index (χ3n) is 4.82. The van der Waals surface area contributed by atoms with Crippen LogP contribution in [0.15, 0.2) is 46.6 Å². The van der Waals surface area contributed by atoms with Crippen molar-refractivity contribution in [3.05, 3.63) is 52.1 Å². The molecule has 3 rings (SSSR count). The van der Waals surface area contributed by atoms with E-state index in [9.17, 15) is 9.59 Å². The van der Waals surface area contributed by atoms with E-state index >= 15 is 0 Å². The summed E-state index contributed by atoms with van der Waals surface area (Å²) in [6.07, 6.45) is 1.65. The summed E-state index contributed by atoms with van der Waals surface area (Å²) in [5.41, 5.74) is 1.43. The molecule has 1 aliphatic heterocycles. The topological polar surface area (TPSA) is 77.5 Å². The zero-order valence-electron chi connectivity index (χ0n) is 18.6. The van der Waals surface area contributed by atoms with Gasteiger partial charge in [-0.25, -0.2) is 0 Å². The first-order valence-electron chi connectivity index (χ1n) is 9.93. The number of benzene rings is 2. The number of rotatable bonds is 8. The third kappa shape index (κ3) is 5.12. The molecule has 1 heterocycles. The van der Waals surface area contributed by atoms with Gasteiger partial charge in [0.05, 0.1) is 38.1 Å². The zero-order valence-corrected chi connectivity index (χ0v) is 21.0. The molecule has 0 bridgehead atoms.